The van der Waals surface area contributed by atoms with E-state index in [1.807, 2.05) is 22.6 Å². The van der Waals surface area contributed by atoms with Crippen LogP contribution in [-0.2, 0) is 3.55 Å². The summed E-state index contributed by atoms with van der Waals surface area (Å²) in [6, 6.07) is 0. The number of aromatic carboxylic acids is 1. The molecule has 0 radical (unpaired) electrons. The highest BCUT2D eigenvalue weighted by Crippen LogP contribution is 2.51. The lowest BCUT2D eigenvalue weighted by Crippen LogP contribution is -2.24. The number of aromatic nitrogens is 1. The molecule has 1 aliphatic carbocycles. The molecule has 1 aromatic carbocycles. The van der Waals surface area contributed by atoms with E-state index in [-0.39, 0.29) is 0 Å². The quantitative estimate of drug-likeness (QED) is 0.336. The number of hydrogen-bond donors (Lipinski definition) is 2. The van der Waals surface area contributed by atoms with Crippen LogP contribution >= 0.6 is 22.6 Å². The van der Waals surface area contributed by atoms with Crippen molar-refractivity contribution in [1.82, 2.24) is 4.57 Å². The predicted octanol–water partition coefficient (Wildman–Crippen LogP) is 2.58. The van der Waals surface area contributed by atoms with Crippen molar-refractivity contribution in [3.05, 3.63) is 39.4 Å². The van der Waals surface area contributed by atoms with Gasteiger partial charge in [0.15, 0.2) is 17.5 Å². The maximum absolute atomic E-state index is 14.2. The van der Waals surface area contributed by atoms with Crippen molar-refractivity contribution < 1.29 is 23.1 Å². The first-order valence-corrected chi connectivity index (χ1v) is 7.21. The van der Waals surface area contributed by atoms with Crippen LogP contribution in [0.15, 0.2) is 11.0 Å². The van der Waals surface area contributed by atoms with E-state index in [2.05, 4.69) is 0 Å². The monoisotopic (exact) mass is 424 g/mol. The summed E-state index contributed by atoms with van der Waals surface area (Å²) in [5.74, 6) is -6.60. The van der Waals surface area contributed by atoms with Crippen LogP contribution < -0.4 is 11.2 Å². The lowest BCUT2D eigenvalue weighted by molar-refractivity contribution is 0.0695. The fourth-order valence-corrected chi connectivity index (χ4v) is 2.97. The average Bonchev–Trinajstić information content (AvgIpc) is 3.20. The van der Waals surface area contributed by atoms with E-state index in [0.717, 1.165) is 10.8 Å². The zero-order chi connectivity index (χ0) is 16.4. The van der Waals surface area contributed by atoms with Crippen molar-refractivity contribution in [3.8, 4) is 0 Å². The molecule has 0 aliphatic heterocycles. The Morgan fingerprint density at radius 1 is 1.27 bits per heavy atom. The van der Waals surface area contributed by atoms with Crippen LogP contribution in [0.3, 0.4) is 0 Å². The van der Waals surface area contributed by atoms with Crippen LogP contribution in [0.5, 0.6) is 0 Å². The number of anilines is 1. The first kappa shape index (κ1) is 15.1. The molecule has 1 saturated carbocycles. The number of alkyl halides is 1. The number of nitrogens with zero attached hydrogens (tertiary/aromatic N) is 1. The standard InChI is InChI=1S/C13H8F3IN2O3/c14-6-7(15)9(18)5-10(8(6)16)19(13(17)1-2-13)3-4(11(5)20)12(21)22/h3H,1-2,18H2,(H,21,22). The lowest BCUT2D eigenvalue weighted by atomic mass is 10.1. The minimum absolute atomic E-state index is 0.515. The van der Waals surface area contributed by atoms with E-state index in [4.69, 9.17) is 10.8 Å². The molecule has 3 N–H and O–H groups in total. The molecule has 0 amide bonds. The van der Waals surface area contributed by atoms with E-state index in [9.17, 15) is 22.8 Å². The summed E-state index contributed by atoms with van der Waals surface area (Å²) in [5.41, 5.74) is 2.17. The Morgan fingerprint density at radius 3 is 2.36 bits per heavy atom. The minimum atomic E-state index is -1.79. The fraction of sp³-hybridized carbons (Fsp3) is 0.231. The average molecular weight is 424 g/mol. The highest BCUT2D eigenvalue weighted by molar-refractivity contribution is 14.1. The highest BCUT2D eigenvalue weighted by atomic mass is 127. The van der Waals surface area contributed by atoms with Gasteiger partial charge >= 0.3 is 5.97 Å². The van der Waals surface area contributed by atoms with Crippen LogP contribution in [0.25, 0.3) is 10.9 Å². The molecule has 0 atom stereocenters. The van der Waals surface area contributed by atoms with Crippen molar-refractivity contribution in [1.29, 1.82) is 0 Å². The van der Waals surface area contributed by atoms with Crippen LogP contribution in [0.4, 0.5) is 18.9 Å². The summed E-state index contributed by atoms with van der Waals surface area (Å²) in [5, 5.41) is 8.45. The molecular formula is C13H8F3IN2O3. The summed E-state index contributed by atoms with van der Waals surface area (Å²) < 4.78 is 41.9. The first-order valence-electron chi connectivity index (χ1n) is 6.13. The summed E-state index contributed by atoms with van der Waals surface area (Å²) >= 11 is 1.95. The molecule has 9 heteroatoms. The first-order chi connectivity index (χ1) is 10.2. The van der Waals surface area contributed by atoms with Gasteiger partial charge in [-0.05, 0) is 12.8 Å². The molecular weight excluding hydrogens is 416 g/mol. The number of carbonyl (C=O) groups is 1. The molecule has 1 aromatic heterocycles. The maximum Gasteiger partial charge on any atom is 0.341 e. The van der Waals surface area contributed by atoms with E-state index >= 15 is 0 Å². The SMILES string of the molecule is Nc1c(F)c(F)c(F)c2c1c(=O)c(C(=O)O)cn2C1(I)CC1. The van der Waals surface area contributed by atoms with E-state index in [1.54, 1.807) is 0 Å². The summed E-state index contributed by atoms with van der Waals surface area (Å²) in [4.78, 5) is 23.4. The van der Waals surface area contributed by atoms with Gasteiger partial charge in [0.2, 0.25) is 5.43 Å². The number of nitrogen functional groups attached to an aromatic ring is 1. The number of carboxylic acid groups (broad SMARTS) is 1. The molecule has 2 aromatic rings. The van der Waals surface area contributed by atoms with Crippen molar-refractivity contribution in [2.24, 2.45) is 0 Å². The second-order valence-corrected chi connectivity index (χ2v) is 7.05. The number of carboxylic acids is 1. The molecule has 0 bridgehead atoms. The molecule has 116 valence electrons. The van der Waals surface area contributed by atoms with Gasteiger partial charge in [-0.25, -0.2) is 18.0 Å². The van der Waals surface area contributed by atoms with E-state index in [1.165, 1.54) is 0 Å². The van der Waals surface area contributed by atoms with Gasteiger partial charge in [-0.15, -0.1) is 0 Å². The Morgan fingerprint density at radius 2 is 1.86 bits per heavy atom. The highest BCUT2D eigenvalue weighted by Gasteiger charge is 2.44. The van der Waals surface area contributed by atoms with Gasteiger partial charge in [-0.2, -0.15) is 0 Å². The minimum Gasteiger partial charge on any atom is -0.477 e. The van der Waals surface area contributed by atoms with Crippen molar-refractivity contribution >= 4 is 45.2 Å². The molecule has 3 rings (SSSR count). The van der Waals surface area contributed by atoms with Gasteiger partial charge in [0, 0.05) is 6.20 Å². The normalized spacial score (nSPS) is 16.0. The van der Waals surface area contributed by atoms with Crippen LogP contribution in [0.2, 0.25) is 0 Å². The smallest absolute Gasteiger partial charge is 0.341 e. The van der Waals surface area contributed by atoms with E-state index in [0.29, 0.717) is 12.8 Å². The second-order valence-electron chi connectivity index (χ2n) is 5.04. The third-order valence-electron chi connectivity index (χ3n) is 3.63. The Kier molecular flexibility index (Phi) is 3.17. The zero-order valence-corrected chi connectivity index (χ0v) is 12.9. The Balaban J connectivity index is 2.62. The predicted molar refractivity (Wildman–Crippen MR) is 80.7 cm³/mol. The number of halogens is 4. The number of fused-ring (bicyclic) bond motifs is 1. The number of hydrogen-bond acceptors (Lipinski definition) is 3. The molecule has 5 nitrogen and oxygen atoms in total. The maximum atomic E-state index is 14.2. The summed E-state index contributed by atoms with van der Waals surface area (Å²) in [6.45, 7) is 0. The van der Waals surface area contributed by atoms with Crippen molar-refractivity contribution in [3.63, 3.8) is 0 Å². The molecule has 22 heavy (non-hydrogen) atoms. The van der Waals surface area contributed by atoms with Gasteiger partial charge in [-0.1, -0.05) is 22.6 Å². The third-order valence-corrected chi connectivity index (χ3v) is 5.23. The molecule has 0 spiro atoms. The third kappa shape index (κ3) is 1.91. The Labute approximate surface area is 134 Å². The molecule has 0 saturated heterocycles. The molecule has 1 heterocycles. The van der Waals surface area contributed by atoms with Gasteiger partial charge in [0.1, 0.15) is 5.56 Å². The summed E-state index contributed by atoms with van der Waals surface area (Å²) in [7, 11) is 0. The largest absolute Gasteiger partial charge is 0.477 e. The van der Waals surface area contributed by atoms with E-state index < -0.39 is 54.5 Å². The van der Waals surface area contributed by atoms with Gasteiger partial charge in [0.05, 0.1) is 20.1 Å². The molecule has 1 aliphatic rings. The van der Waals surface area contributed by atoms with Gasteiger partial charge < -0.3 is 15.4 Å². The number of rotatable bonds is 2. The van der Waals surface area contributed by atoms with Crippen molar-refractivity contribution in [2.45, 2.75) is 16.4 Å². The zero-order valence-electron chi connectivity index (χ0n) is 10.8. The van der Waals surface area contributed by atoms with Crippen molar-refractivity contribution in [2.75, 3.05) is 5.73 Å². The number of nitrogens with two attached hydrogens (primary N) is 1. The molecule has 1 fully saturated rings. The topological polar surface area (TPSA) is 85.3 Å². The number of benzene rings is 1. The van der Waals surface area contributed by atoms with Gasteiger partial charge in [0.25, 0.3) is 0 Å². The van der Waals surface area contributed by atoms with Crippen LogP contribution in [0.1, 0.15) is 23.2 Å². The number of pyridine rings is 1. The summed E-state index contributed by atoms with van der Waals surface area (Å²) in [6.07, 6.45) is 2.10. The Hall–Kier alpha value is -1.78. The molecule has 0 unspecified atom stereocenters. The van der Waals surface area contributed by atoms with Gasteiger partial charge in [-0.3, -0.25) is 4.79 Å². The van der Waals surface area contributed by atoms with Crippen LogP contribution in [-0.4, -0.2) is 15.6 Å². The fourth-order valence-electron chi connectivity index (χ4n) is 2.32. The second kappa shape index (κ2) is 4.61. The lowest BCUT2D eigenvalue weighted by Gasteiger charge is -2.19. The Bertz CT molecular complexity index is 906. The van der Waals surface area contributed by atoms with Crippen LogP contribution in [0, 0.1) is 17.5 Å².